The van der Waals surface area contributed by atoms with Crippen molar-refractivity contribution in [3.63, 3.8) is 0 Å². The number of rotatable bonds is 6. The maximum absolute atomic E-state index is 12.3. The van der Waals surface area contributed by atoms with E-state index < -0.39 is 0 Å². The quantitative estimate of drug-likeness (QED) is 0.851. The molecule has 1 aliphatic heterocycles. The first-order valence-corrected chi connectivity index (χ1v) is 9.06. The smallest absolute Gasteiger partial charge is 0.315 e. The van der Waals surface area contributed by atoms with Gasteiger partial charge in [-0.3, -0.25) is 9.48 Å². The van der Waals surface area contributed by atoms with Crippen molar-refractivity contribution in [3.05, 3.63) is 23.3 Å². The van der Waals surface area contributed by atoms with Crippen LogP contribution in [0.15, 0.2) is 10.6 Å². The minimum atomic E-state index is -0.147. The second-order valence-electron chi connectivity index (χ2n) is 7.75. The van der Waals surface area contributed by atoms with Crippen molar-refractivity contribution >= 4 is 11.9 Å². The average Bonchev–Trinajstić information content (AvgIpc) is 3.28. The second-order valence-corrected chi connectivity index (χ2v) is 7.75. The summed E-state index contributed by atoms with van der Waals surface area (Å²) in [6.07, 6.45) is 3.26. The third-order valence-corrected chi connectivity index (χ3v) is 5.69. The van der Waals surface area contributed by atoms with Crippen molar-refractivity contribution in [2.75, 3.05) is 18.9 Å². The molecule has 0 aliphatic carbocycles. The van der Waals surface area contributed by atoms with E-state index in [0.717, 1.165) is 17.7 Å². The molecule has 1 saturated heterocycles. The number of hydrogen-bond acceptors (Lipinski definition) is 6. The van der Waals surface area contributed by atoms with E-state index in [0.29, 0.717) is 24.9 Å². The summed E-state index contributed by atoms with van der Waals surface area (Å²) in [5, 5.41) is 15.8. The first-order chi connectivity index (χ1) is 12.2. The molecule has 0 spiro atoms. The van der Waals surface area contributed by atoms with Gasteiger partial charge in [-0.2, -0.15) is 5.10 Å². The first-order valence-electron chi connectivity index (χ1n) is 9.06. The summed E-state index contributed by atoms with van der Waals surface area (Å²) in [5.74, 6) is 0.884. The molecule has 0 unspecified atom stereocenters. The number of carbonyl (C=O) groups is 1. The second kappa shape index (κ2) is 6.74. The number of aromatic nitrogens is 4. The van der Waals surface area contributed by atoms with Crippen LogP contribution in [0.2, 0.25) is 0 Å². The van der Waals surface area contributed by atoms with Crippen LogP contribution in [0.4, 0.5) is 6.01 Å². The molecule has 1 amide bonds. The normalized spacial score (nSPS) is 20.8. The van der Waals surface area contributed by atoms with Crippen LogP contribution in [0.25, 0.3) is 0 Å². The molecule has 8 heteroatoms. The molecule has 0 bridgehead atoms. The van der Waals surface area contributed by atoms with Gasteiger partial charge in [-0.15, -0.1) is 5.10 Å². The van der Waals surface area contributed by atoms with E-state index in [2.05, 4.69) is 41.4 Å². The molecule has 3 heterocycles. The molecule has 1 aliphatic rings. The van der Waals surface area contributed by atoms with Crippen LogP contribution in [0.1, 0.15) is 56.8 Å². The molecule has 0 aromatic carbocycles. The van der Waals surface area contributed by atoms with Crippen molar-refractivity contribution < 1.29 is 9.21 Å². The highest BCUT2D eigenvalue weighted by Crippen LogP contribution is 2.38. The lowest BCUT2D eigenvalue weighted by Gasteiger charge is -2.25. The van der Waals surface area contributed by atoms with E-state index in [1.807, 2.05) is 36.8 Å². The molecule has 2 aromatic heterocycles. The topological polar surface area (TPSA) is 89.1 Å². The lowest BCUT2D eigenvalue weighted by molar-refractivity contribution is -0.127. The highest BCUT2D eigenvalue weighted by atomic mass is 16.4. The van der Waals surface area contributed by atoms with Crippen molar-refractivity contribution in [1.29, 1.82) is 0 Å². The molecule has 2 aromatic rings. The Bertz CT molecular complexity index is 793. The van der Waals surface area contributed by atoms with E-state index in [1.54, 1.807) is 0 Å². The van der Waals surface area contributed by atoms with Gasteiger partial charge in [-0.05, 0) is 13.3 Å². The Kier molecular flexibility index (Phi) is 4.77. The number of aryl methyl sites for hydroxylation is 1. The SMILES string of the molecule is CCC(C)(C)c1nnc(NC[C@@H]2CC(=O)N(C)[C@H]2c2cnn(C)c2C)o1. The highest BCUT2D eigenvalue weighted by Gasteiger charge is 2.40. The number of nitrogens with zero attached hydrogens (tertiary/aromatic N) is 5. The van der Waals surface area contributed by atoms with Crippen LogP contribution in [0.3, 0.4) is 0 Å². The molecule has 1 N–H and O–H groups in total. The van der Waals surface area contributed by atoms with Gasteiger partial charge in [0.2, 0.25) is 11.8 Å². The van der Waals surface area contributed by atoms with E-state index >= 15 is 0 Å². The Morgan fingerprint density at radius 2 is 2.08 bits per heavy atom. The van der Waals surface area contributed by atoms with Gasteiger partial charge in [0.05, 0.1) is 12.2 Å². The fourth-order valence-corrected chi connectivity index (χ4v) is 3.34. The van der Waals surface area contributed by atoms with Crippen molar-refractivity contribution in [1.82, 2.24) is 24.9 Å². The van der Waals surface area contributed by atoms with Crippen LogP contribution in [0.5, 0.6) is 0 Å². The fraction of sp³-hybridized carbons (Fsp3) is 0.667. The zero-order valence-corrected chi connectivity index (χ0v) is 16.4. The van der Waals surface area contributed by atoms with E-state index in [-0.39, 0.29) is 23.3 Å². The first kappa shape index (κ1) is 18.4. The van der Waals surface area contributed by atoms with Gasteiger partial charge in [0.15, 0.2) is 0 Å². The summed E-state index contributed by atoms with van der Waals surface area (Å²) < 4.78 is 7.61. The summed E-state index contributed by atoms with van der Waals surface area (Å²) in [6, 6.07) is 0.406. The molecule has 26 heavy (non-hydrogen) atoms. The van der Waals surface area contributed by atoms with Gasteiger partial charge in [-0.1, -0.05) is 25.9 Å². The highest BCUT2D eigenvalue weighted by molar-refractivity contribution is 5.79. The Labute approximate surface area is 154 Å². The summed E-state index contributed by atoms with van der Waals surface area (Å²) >= 11 is 0. The zero-order chi connectivity index (χ0) is 19.1. The van der Waals surface area contributed by atoms with E-state index in [9.17, 15) is 4.79 Å². The minimum absolute atomic E-state index is 0.00169. The number of carbonyl (C=O) groups excluding carboxylic acids is 1. The van der Waals surface area contributed by atoms with E-state index in [1.165, 1.54) is 0 Å². The number of likely N-dealkylation sites (tertiary alicyclic amines) is 1. The molecular formula is C18H28N6O2. The third kappa shape index (κ3) is 3.20. The monoisotopic (exact) mass is 360 g/mol. The van der Waals surface area contributed by atoms with E-state index in [4.69, 9.17) is 4.42 Å². The number of anilines is 1. The molecule has 2 atom stereocenters. The van der Waals surface area contributed by atoms with Crippen LogP contribution >= 0.6 is 0 Å². The fourth-order valence-electron chi connectivity index (χ4n) is 3.34. The largest absolute Gasteiger partial charge is 0.408 e. The van der Waals surface area contributed by atoms with Gasteiger partial charge in [-0.25, -0.2) is 0 Å². The maximum Gasteiger partial charge on any atom is 0.315 e. The summed E-state index contributed by atoms with van der Waals surface area (Å²) in [7, 11) is 3.77. The van der Waals surface area contributed by atoms with Crippen LogP contribution < -0.4 is 5.32 Å². The molecule has 3 rings (SSSR count). The zero-order valence-electron chi connectivity index (χ0n) is 16.4. The summed E-state index contributed by atoms with van der Waals surface area (Å²) in [4.78, 5) is 14.1. The Balaban J connectivity index is 1.74. The maximum atomic E-state index is 12.3. The van der Waals surface area contributed by atoms with Crippen molar-refractivity contribution in [2.45, 2.75) is 52.0 Å². The number of nitrogens with one attached hydrogen (secondary N) is 1. The lowest BCUT2D eigenvalue weighted by Crippen LogP contribution is -2.27. The van der Waals surface area contributed by atoms with Gasteiger partial charge in [0.1, 0.15) is 0 Å². The Hall–Kier alpha value is -2.38. The van der Waals surface area contributed by atoms with Crippen LogP contribution in [0, 0.1) is 12.8 Å². The van der Waals surface area contributed by atoms with Gasteiger partial charge >= 0.3 is 6.01 Å². The molecule has 0 radical (unpaired) electrons. The predicted octanol–water partition coefficient (Wildman–Crippen LogP) is 2.43. The number of amides is 1. The number of hydrogen-bond donors (Lipinski definition) is 1. The van der Waals surface area contributed by atoms with Gasteiger partial charge < -0.3 is 14.6 Å². The van der Waals surface area contributed by atoms with Gasteiger partial charge in [0.25, 0.3) is 0 Å². The molecule has 8 nitrogen and oxygen atoms in total. The van der Waals surface area contributed by atoms with Crippen molar-refractivity contribution in [2.24, 2.45) is 13.0 Å². The average molecular weight is 360 g/mol. The lowest BCUT2D eigenvalue weighted by atomic mass is 9.90. The Morgan fingerprint density at radius 3 is 2.69 bits per heavy atom. The van der Waals surface area contributed by atoms with Crippen LogP contribution in [-0.4, -0.2) is 44.4 Å². The molecule has 142 valence electrons. The molecule has 1 fully saturated rings. The molecular weight excluding hydrogens is 332 g/mol. The molecule has 0 saturated carbocycles. The van der Waals surface area contributed by atoms with Gasteiger partial charge in [0, 0.05) is 49.7 Å². The third-order valence-electron chi connectivity index (χ3n) is 5.69. The van der Waals surface area contributed by atoms with Crippen molar-refractivity contribution in [3.8, 4) is 0 Å². The minimum Gasteiger partial charge on any atom is -0.408 e. The standard InChI is InChI=1S/C18H28N6O2/c1-7-18(3,4)16-21-22-17(26-16)19-9-12-8-14(25)23(5)15(12)13-10-20-24(6)11(13)2/h10,12,15H,7-9H2,1-6H3,(H,19,22)/t12-,15+/m0/s1. The summed E-state index contributed by atoms with van der Waals surface area (Å²) in [6.45, 7) is 8.87. The predicted molar refractivity (Wildman–Crippen MR) is 97.7 cm³/mol. The van der Waals surface area contributed by atoms with Crippen LogP contribution in [-0.2, 0) is 17.3 Å². The summed E-state index contributed by atoms with van der Waals surface area (Å²) in [5.41, 5.74) is 2.02. The Morgan fingerprint density at radius 1 is 1.35 bits per heavy atom.